The van der Waals surface area contributed by atoms with E-state index in [4.69, 9.17) is 16.3 Å². The topological polar surface area (TPSA) is 82.1 Å². The molecule has 7 nitrogen and oxygen atoms in total. The predicted octanol–water partition coefficient (Wildman–Crippen LogP) is 5.83. The minimum Gasteiger partial charge on any atom is -0.508 e. The van der Waals surface area contributed by atoms with E-state index < -0.39 is 0 Å². The van der Waals surface area contributed by atoms with Crippen LogP contribution in [0.2, 0.25) is 5.02 Å². The fourth-order valence-electron chi connectivity index (χ4n) is 5.38. The molecular formula is C32H28ClN3O4. The van der Waals surface area contributed by atoms with Crippen molar-refractivity contribution in [3.63, 3.8) is 0 Å². The lowest BCUT2D eigenvalue weighted by molar-refractivity contribution is -0.00653. The second-order valence-electron chi connectivity index (χ2n) is 9.98. The Morgan fingerprint density at radius 1 is 0.925 bits per heavy atom. The lowest BCUT2D eigenvalue weighted by atomic mass is 9.99. The van der Waals surface area contributed by atoms with Gasteiger partial charge in [-0.25, -0.2) is 0 Å². The molecule has 8 heteroatoms. The first-order chi connectivity index (χ1) is 19.5. The van der Waals surface area contributed by atoms with Crippen LogP contribution in [-0.4, -0.2) is 54.2 Å². The molecular weight excluding hydrogens is 526 g/mol. The molecule has 0 spiro atoms. The van der Waals surface area contributed by atoms with Gasteiger partial charge in [-0.3, -0.25) is 14.5 Å². The number of fused-ring (bicyclic) bond motifs is 2. The number of halogens is 1. The van der Waals surface area contributed by atoms with E-state index >= 15 is 0 Å². The summed E-state index contributed by atoms with van der Waals surface area (Å²) < 4.78 is 5.72. The van der Waals surface area contributed by atoms with Crippen molar-refractivity contribution in [2.24, 2.45) is 0 Å². The molecule has 0 unspecified atom stereocenters. The number of carbonyl (C=O) groups excluding carboxylic acids is 2. The van der Waals surface area contributed by atoms with Crippen molar-refractivity contribution >= 4 is 34.8 Å². The SMILES string of the molecule is O=C(Nc1ccc(C(=O)N2C[C@H]3COCCN3Cc3ccccc32)c(Cl)c1)c1ccccc1-c1ccc(O)cc1. The molecule has 1 atom stereocenters. The fourth-order valence-corrected chi connectivity index (χ4v) is 5.64. The van der Waals surface area contributed by atoms with Crippen LogP contribution in [0.3, 0.4) is 0 Å². The van der Waals surface area contributed by atoms with E-state index in [2.05, 4.69) is 16.3 Å². The maximum atomic E-state index is 13.9. The van der Waals surface area contributed by atoms with Gasteiger partial charge in [-0.2, -0.15) is 0 Å². The number of nitrogens with one attached hydrogen (secondary N) is 1. The third-order valence-electron chi connectivity index (χ3n) is 7.45. The number of benzene rings is 4. The zero-order valence-electron chi connectivity index (χ0n) is 21.7. The molecule has 2 heterocycles. The van der Waals surface area contributed by atoms with Crippen LogP contribution in [0.25, 0.3) is 11.1 Å². The number of phenols is 1. The molecule has 4 aromatic carbocycles. The van der Waals surface area contributed by atoms with Gasteiger partial charge in [0.25, 0.3) is 11.8 Å². The van der Waals surface area contributed by atoms with Gasteiger partial charge in [-0.15, -0.1) is 0 Å². The summed E-state index contributed by atoms with van der Waals surface area (Å²) in [4.78, 5) is 31.3. The lowest BCUT2D eigenvalue weighted by Crippen LogP contribution is -2.50. The van der Waals surface area contributed by atoms with Crippen LogP contribution in [0.1, 0.15) is 26.3 Å². The number of carbonyl (C=O) groups is 2. The number of anilines is 2. The highest BCUT2D eigenvalue weighted by atomic mass is 35.5. The summed E-state index contributed by atoms with van der Waals surface area (Å²) in [7, 11) is 0. The number of amides is 2. The average molecular weight is 554 g/mol. The standard InChI is InChI=1S/C32H28ClN3O4/c33-29-17-23(34-31(38)27-7-3-2-6-26(27)21-9-12-25(37)13-10-21)11-14-28(29)32(39)36-19-24-20-40-16-15-35(24)18-22-5-1-4-8-30(22)36/h1-14,17,24,37H,15-16,18-20H2,(H,34,38)/t24-/m0/s1. The molecule has 0 aliphatic carbocycles. The first-order valence-electron chi connectivity index (χ1n) is 13.2. The Morgan fingerprint density at radius 3 is 2.52 bits per heavy atom. The molecule has 1 saturated heterocycles. The summed E-state index contributed by atoms with van der Waals surface area (Å²) in [5, 5.41) is 12.8. The Balaban J connectivity index is 1.25. The summed E-state index contributed by atoms with van der Waals surface area (Å²) >= 11 is 6.66. The molecule has 2 aliphatic heterocycles. The normalized spacial score (nSPS) is 16.9. The average Bonchev–Trinajstić information content (AvgIpc) is 3.14. The van der Waals surface area contributed by atoms with Crippen LogP contribution in [0, 0.1) is 0 Å². The summed E-state index contributed by atoms with van der Waals surface area (Å²) in [5.74, 6) is -0.346. The van der Waals surface area contributed by atoms with Gasteiger partial charge in [0.15, 0.2) is 0 Å². The smallest absolute Gasteiger partial charge is 0.259 e. The number of hydrogen-bond acceptors (Lipinski definition) is 5. The summed E-state index contributed by atoms with van der Waals surface area (Å²) in [6.45, 7) is 3.34. The van der Waals surface area contributed by atoms with Crippen LogP contribution < -0.4 is 10.2 Å². The van der Waals surface area contributed by atoms with Crippen molar-refractivity contribution in [3.05, 3.63) is 113 Å². The fraction of sp³-hybridized carbons (Fsp3) is 0.188. The molecule has 0 aromatic heterocycles. The molecule has 1 fully saturated rings. The van der Waals surface area contributed by atoms with Crippen molar-refractivity contribution in [1.29, 1.82) is 0 Å². The summed E-state index contributed by atoms with van der Waals surface area (Å²) in [6.07, 6.45) is 0. The highest BCUT2D eigenvalue weighted by Crippen LogP contribution is 2.32. The first-order valence-corrected chi connectivity index (χ1v) is 13.6. The Bertz CT molecular complexity index is 1570. The molecule has 2 aliphatic rings. The van der Waals surface area contributed by atoms with Crippen molar-refractivity contribution in [2.45, 2.75) is 12.6 Å². The van der Waals surface area contributed by atoms with Gasteiger partial charge in [-0.1, -0.05) is 60.1 Å². The number of phenolic OH excluding ortho intramolecular Hbond substituents is 1. The van der Waals surface area contributed by atoms with Crippen molar-refractivity contribution in [3.8, 4) is 16.9 Å². The van der Waals surface area contributed by atoms with Crippen LogP contribution in [0.5, 0.6) is 5.75 Å². The Morgan fingerprint density at radius 2 is 1.70 bits per heavy atom. The van der Waals surface area contributed by atoms with Gasteiger partial charge in [0.1, 0.15) is 5.75 Å². The maximum absolute atomic E-state index is 13.9. The van der Waals surface area contributed by atoms with Crippen LogP contribution in [0.4, 0.5) is 11.4 Å². The quantitative estimate of drug-likeness (QED) is 0.332. The van der Waals surface area contributed by atoms with Gasteiger partial charge in [0, 0.05) is 36.6 Å². The molecule has 4 aromatic rings. The first kappa shape index (κ1) is 26.1. The summed E-state index contributed by atoms with van der Waals surface area (Å²) in [5.41, 5.74) is 4.83. The van der Waals surface area contributed by atoms with Crippen LogP contribution in [-0.2, 0) is 11.3 Å². The van der Waals surface area contributed by atoms with Gasteiger partial charge >= 0.3 is 0 Å². The lowest BCUT2D eigenvalue weighted by Gasteiger charge is -2.35. The van der Waals surface area contributed by atoms with E-state index in [-0.39, 0.29) is 28.6 Å². The van der Waals surface area contributed by atoms with Gasteiger partial charge in [0.2, 0.25) is 0 Å². The monoisotopic (exact) mass is 553 g/mol. The number of nitrogens with zero attached hydrogens (tertiary/aromatic N) is 2. The Kier molecular flexibility index (Phi) is 7.26. The predicted molar refractivity (Wildman–Crippen MR) is 156 cm³/mol. The van der Waals surface area contributed by atoms with Crippen molar-refractivity contribution < 1.29 is 19.4 Å². The van der Waals surface area contributed by atoms with Gasteiger partial charge in [0.05, 0.1) is 29.8 Å². The molecule has 0 radical (unpaired) electrons. The third-order valence-corrected chi connectivity index (χ3v) is 7.76. The molecule has 2 amide bonds. The summed E-state index contributed by atoms with van der Waals surface area (Å²) in [6, 6.07) is 27.0. The minimum atomic E-state index is -0.308. The van der Waals surface area contributed by atoms with Crippen LogP contribution in [0.15, 0.2) is 91.0 Å². The van der Waals surface area contributed by atoms with Crippen LogP contribution >= 0.6 is 11.6 Å². The maximum Gasteiger partial charge on any atom is 0.259 e. The van der Waals surface area contributed by atoms with Gasteiger partial charge in [-0.05, 0) is 59.2 Å². The number of para-hydroxylation sites is 1. The Hall–Kier alpha value is -4.17. The number of morpholine rings is 1. The second kappa shape index (κ2) is 11.1. The number of hydrogen-bond donors (Lipinski definition) is 2. The number of aromatic hydroxyl groups is 1. The van der Waals surface area contributed by atoms with Gasteiger partial charge < -0.3 is 20.1 Å². The molecule has 2 N–H and O–H groups in total. The highest BCUT2D eigenvalue weighted by molar-refractivity contribution is 6.35. The number of rotatable bonds is 4. The molecule has 6 rings (SSSR count). The third kappa shape index (κ3) is 5.19. The van der Waals surface area contributed by atoms with E-state index in [0.717, 1.165) is 35.5 Å². The van der Waals surface area contributed by atoms with E-state index in [0.29, 0.717) is 36.6 Å². The van der Waals surface area contributed by atoms with E-state index in [1.54, 1.807) is 59.5 Å². The van der Waals surface area contributed by atoms with E-state index in [9.17, 15) is 14.7 Å². The second-order valence-corrected chi connectivity index (χ2v) is 10.4. The van der Waals surface area contributed by atoms with E-state index in [1.165, 1.54) is 0 Å². The molecule has 202 valence electrons. The van der Waals surface area contributed by atoms with Crippen molar-refractivity contribution in [2.75, 3.05) is 36.5 Å². The Labute approximate surface area is 237 Å². The minimum absolute atomic E-state index is 0.0936. The van der Waals surface area contributed by atoms with Crippen molar-refractivity contribution in [1.82, 2.24) is 4.90 Å². The largest absolute Gasteiger partial charge is 0.508 e. The molecule has 0 bridgehead atoms. The number of ether oxygens (including phenoxy) is 1. The highest BCUT2D eigenvalue weighted by Gasteiger charge is 2.33. The molecule has 0 saturated carbocycles. The zero-order valence-corrected chi connectivity index (χ0v) is 22.5. The zero-order chi connectivity index (χ0) is 27.6. The van der Waals surface area contributed by atoms with E-state index in [1.807, 2.05) is 30.3 Å². The molecule has 40 heavy (non-hydrogen) atoms.